The van der Waals surface area contributed by atoms with E-state index in [4.69, 9.17) is 14.2 Å². The van der Waals surface area contributed by atoms with Crippen LogP contribution in [0, 0.1) is 0 Å². The van der Waals surface area contributed by atoms with Crippen LogP contribution in [-0.2, 0) is 16.0 Å². The number of carbonyl (C=O) groups excluding carboxylic acids is 2. The van der Waals surface area contributed by atoms with Crippen LogP contribution in [0.15, 0.2) is 42.5 Å². The van der Waals surface area contributed by atoms with E-state index in [0.717, 1.165) is 12.0 Å². The van der Waals surface area contributed by atoms with Crippen LogP contribution in [0.4, 0.5) is 0 Å². The lowest BCUT2D eigenvalue weighted by atomic mass is 10.1. The topological polar surface area (TPSA) is 73.9 Å². The normalized spacial score (nSPS) is 11.4. The fraction of sp³-hybridized carbons (Fsp3) is 0.333. The quantitative estimate of drug-likeness (QED) is 0.721. The zero-order valence-corrected chi connectivity index (χ0v) is 16.1. The highest BCUT2D eigenvalue weighted by Gasteiger charge is 2.17. The van der Waals surface area contributed by atoms with E-state index >= 15 is 0 Å². The highest BCUT2D eigenvalue weighted by molar-refractivity contribution is 5.94. The molecule has 0 saturated carbocycles. The molecule has 1 amide bonds. The smallest absolute Gasteiger partial charge is 0.342 e. The molecule has 0 unspecified atom stereocenters. The second-order valence-corrected chi connectivity index (χ2v) is 6.03. The lowest BCUT2D eigenvalue weighted by Crippen LogP contribution is -2.31. The summed E-state index contributed by atoms with van der Waals surface area (Å²) in [6.07, 6.45) is 0.964. The molecule has 0 heterocycles. The number of carbonyl (C=O) groups is 2. The van der Waals surface area contributed by atoms with Crippen molar-refractivity contribution in [1.29, 1.82) is 0 Å². The Bertz CT molecular complexity index is 786. The van der Waals surface area contributed by atoms with Crippen molar-refractivity contribution in [3.8, 4) is 11.5 Å². The zero-order chi connectivity index (χ0) is 19.8. The van der Waals surface area contributed by atoms with Gasteiger partial charge in [0.05, 0.1) is 20.3 Å². The lowest BCUT2D eigenvalue weighted by Gasteiger charge is -2.15. The van der Waals surface area contributed by atoms with Gasteiger partial charge in [-0.1, -0.05) is 31.2 Å². The number of amides is 1. The molecule has 0 aliphatic heterocycles. The van der Waals surface area contributed by atoms with Crippen LogP contribution in [0.25, 0.3) is 0 Å². The summed E-state index contributed by atoms with van der Waals surface area (Å²) in [6, 6.07) is 12.6. The van der Waals surface area contributed by atoms with E-state index in [1.165, 1.54) is 25.8 Å². The number of rotatable bonds is 8. The van der Waals surface area contributed by atoms with Gasteiger partial charge in [-0.15, -0.1) is 0 Å². The summed E-state index contributed by atoms with van der Waals surface area (Å²) in [5.41, 5.74) is 2.46. The molecule has 2 rings (SSSR count). The Hall–Kier alpha value is -3.02. The number of benzene rings is 2. The standard InChI is InChI=1S/C21H25NO5/c1-5-15-6-8-16(9-7-15)14(2)22-20(23)13-27-21(24)18-11-10-17(25-3)12-19(18)26-4/h6-12,14H,5,13H2,1-4H3,(H,22,23)/t14-/m0/s1. The van der Waals surface area contributed by atoms with Crippen LogP contribution in [0.5, 0.6) is 11.5 Å². The van der Waals surface area contributed by atoms with Crippen molar-refractivity contribution in [2.24, 2.45) is 0 Å². The molecule has 0 spiro atoms. The molecule has 144 valence electrons. The summed E-state index contributed by atoms with van der Waals surface area (Å²) >= 11 is 0. The fourth-order valence-corrected chi connectivity index (χ4v) is 2.58. The summed E-state index contributed by atoms with van der Waals surface area (Å²) in [5.74, 6) is -0.124. The van der Waals surface area contributed by atoms with E-state index in [9.17, 15) is 9.59 Å². The van der Waals surface area contributed by atoms with E-state index < -0.39 is 5.97 Å². The molecule has 0 aliphatic carbocycles. The van der Waals surface area contributed by atoms with Crippen molar-refractivity contribution >= 4 is 11.9 Å². The number of ether oxygens (including phenoxy) is 3. The third kappa shape index (κ3) is 5.48. The number of aryl methyl sites for hydroxylation is 1. The Morgan fingerprint density at radius 1 is 1.04 bits per heavy atom. The minimum Gasteiger partial charge on any atom is -0.497 e. The minimum atomic E-state index is -0.635. The maximum Gasteiger partial charge on any atom is 0.342 e. The molecule has 0 fully saturated rings. The van der Waals surface area contributed by atoms with Crippen LogP contribution in [0.3, 0.4) is 0 Å². The zero-order valence-electron chi connectivity index (χ0n) is 16.1. The van der Waals surface area contributed by atoms with Gasteiger partial charge in [0, 0.05) is 6.07 Å². The molecule has 1 atom stereocenters. The Morgan fingerprint density at radius 2 is 1.74 bits per heavy atom. The number of hydrogen-bond acceptors (Lipinski definition) is 5. The van der Waals surface area contributed by atoms with Gasteiger partial charge in [0.1, 0.15) is 17.1 Å². The SMILES string of the molecule is CCc1ccc([C@H](C)NC(=O)COC(=O)c2ccc(OC)cc2OC)cc1. The summed E-state index contributed by atoms with van der Waals surface area (Å²) in [5, 5.41) is 2.82. The van der Waals surface area contributed by atoms with Crippen LogP contribution in [0.2, 0.25) is 0 Å². The first-order valence-corrected chi connectivity index (χ1v) is 8.75. The molecule has 0 radical (unpaired) electrons. The van der Waals surface area contributed by atoms with Gasteiger partial charge >= 0.3 is 5.97 Å². The van der Waals surface area contributed by atoms with E-state index in [0.29, 0.717) is 11.5 Å². The van der Waals surface area contributed by atoms with E-state index in [1.807, 2.05) is 31.2 Å². The Morgan fingerprint density at radius 3 is 2.33 bits per heavy atom. The minimum absolute atomic E-state index is 0.183. The summed E-state index contributed by atoms with van der Waals surface area (Å²) in [6.45, 7) is 3.60. The van der Waals surface area contributed by atoms with E-state index in [1.54, 1.807) is 12.1 Å². The average Bonchev–Trinajstić information content (AvgIpc) is 2.71. The molecule has 2 aromatic carbocycles. The lowest BCUT2D eigenvalue weighted by molar-refractivity contribution is -0.124. The van der Waals surface area contributed by atoms with Crippen LogP contribution < -0.4 is 14.8 Å². The third-order valence-electron chi connectivity index (χ3n) is 4.23. The van der Waals surface area contributed by atoms with Crippen LogP contribution in [-0.4, -0.2) is 32.7 Å². The molecule has 27 heavy (non-hydrogen) atoms. The molecule has 0 bridgehead atoms. The maximum absolute atomic E-state index is 12.2. The number of hydrogen-bond donors (Lipinski definition) is 1. The highest BCUT2D eigenvalue weighted by atomic mass is 16.5. The summed E-state index contributed by atoms with van der Waals surface area (Å²) < 4.78 is 15.4. The van der Waals surface area contributed by atoms with Gasteiger partial charge in [0.2, 0.25) is 0 Å². The summed E-state index contributed by atoms with van der Waals surface area (Å²) in [7, 11) is 2.97. The maximum atomic E-state index is 12.2. The second-order valence-electron chi connectivity index (χ2n) is 6.03. The summed E-state index contributed by atoms with van der Waals surface area (Å²) in [4.78, 5) is 24.3. The molecular weight excluding hydrogens is 346 g/mol. The fourth-order valence-electron chi connectivity index (χ4n) is 2.58. The Labute approximate surface area is 159 Å². The molecule has 0 aliphatic rings. The molecule has 0 aromatic heterocycles. The molecule has 0 saturated heterocycles. The van der Waals surface area contributed by atoms with E-state index in [2.05, 4.69) is 12.2 Å². The molecule has 2 aromatic rings. The van der Waals surface area contributed by atoms with E-state index in [-0.39, 0.29) is 24.1 Å². The average molecular weight is 371 g/mol. The Balaban J connectivity index is 1.91. The van der Waals surface area contributed by atoms with Crippen LogP contribution in [0.1, 0.15) is 41.4 Å². The van der Waals surface area contributed by atoms with Gasteiger partial charge in [-0.3, -0.25) is 4.79 Å². The third-order valence-corrected chi connectivity index (χ3v) is 4.23. The highest BCUT2D eigenvalue weighted by Crippen LogP contribution is 2.25. The second kappa shape index (κ2) is 9.62. The molecule has 6 heteroatoms. The van der Waals surface area contributed by atoms with Crippen LogP contribution >= 0.6 is 0 Å². The first-order chi connectivity index (χ1) is 13.0. The predicted molar refractivity (Wildman–Crippen MR) is 102 cm³/mol. The molecule has 1 N–H and O–H groups in total. The first kappa shape index (κ1) is 20.3. The first-order valence-electron chi connectivity index (χ1n) is 8.75. The van der Waals surface area contributed by atoms with Crippen molar-refractivity contribution in [2.45, 2.75) is 26.3 Å². The van der Waals surface area contributed by atoms with Gasteiger partial charge in [-0.25, -0.2) is 4.79 Å². The number of esters is 1. The largest absolute Gasteiger partial charge is 0.497 e. The van der Waals surface area contributed by atoms with Crippen molar-refractivity contribution in [1.82, 2.24) is 5.32 Å². The Kier molecular flexibility index (Phi) is 7.23. The van der Waals surface area contributed by atoms with Gasteiger partial charge in [-0.05, 0) is 36.6 Å². The molecule has 6 nitrogen and oxygen atoms in total. The van der Waals surface area contributed by atoms with Gasteiger partial charge in [-0.2, -0.15) is 0 Å². The van der Waals surface area contributed by atoms with Gasteiger partial charge in [0.15, 0.2) is 6.61 Å². The van der Waals surface area contributed by atoms with Crippen molar-refractivity contribution in [3.63, 3.8) is 0 Å². The monoisotopic (exact) mass is 371 g/mol. The number of methoxy groups -OCH3 is 2. The van der Waals surface area contributed by atoms with Crippen molar-refractivity contribution in [3.05, 3.63) is 59.2 Å². The van der Waals surface area contributed by atoms with Crippen molar-refractivity contribution < 1.29 is 23.8 Å². The predicted octanol–water partition coefficient (Wildman–Crippen LogP) is 3.30. The van der Waals surface area contributed by atoms with Gasteiger partial charge < -0.3 is 19.5 Å². The van der Waals surface area contributed by atoms with Crippen molar-refractivity contribution in [2.75, 3.05) is 20.8 Å². The van der Waals surface area contributed by atoms with Gasteiger partial charge in [0.25, 0.3) is 5.91 Å². The number of nitrogens with one attached hydrogen (secondary N) is 1. The molecular formula is C21H25NO5.